The predicted molar refractivity (Wildman–Crippen MR) is 97.0 cm³/mol. The number of phenols is 1. The summed E-state index contributed by atoms with van der Waals surface area (Å²) in [5.41, 5.74) is 0.260. The third kappa shape index (κ3) is 2.75. The molecule has 1 aromatic carbocycles. The number of ketones is 1. The van der Waals surface area contributed by atoms with E-state index in [0.717, 1.165) is 4.90 Å². The number of rotatable bonds is 4. The van der Waals surface area contributed by atoms with E-state index in [4.69, 9.17) is 8.94 Å². The van der Waals surface area contributed by atoms with Crippen LogP contribution in [0.15, 0.2) is 62.7 Å². The number of nitrogens with zero attached hydrogens (tertiary/aromatic N) is 2. The lowest BCUT2D eigenvalue weighted by Gasteiger charge is -2.24. The first-order valence-electron chi connectivity index (χ1n) is 8.47. The van der Waals surface area contributed by atoms with Crippen LogP contribution in [-0.2, 0) is 4.79 Å². The van der Waals surface area contributed by atoms with Crippen LogP contribution in [0.25, 0.3) is 0 Å². The predicted octanol–water partition coefficient (Wildman–Crippen LogP) is 3.37. The number of aromatic hydroxyl groups is 1. The number of phenolic OH excluding ortho intramolecular Hbond substituents is 1. The van der Waals surface area contributed by atoms with Crippen LogP contribution in [-0.4, -0.2) is 27.1 Å². The van der Waals surface area contributed by atoms with Gasteiger partial charge in [-0.3, -0.25) is 14.5 Å². The Labute approximate surface area is 159 Å². The van der Waals surface area contributed by atoms with Crippen LogP contribution in [0.3, 0.4) is 0 Å². The van der Waals surface area contributed by atoms with Gasteiger partial charge in [0.15, 0.2) is 17.3 Å². The molecule has 1 aliphatic heterocycles. The fourth-order valence-electron chi connectivity index (χ4n) is 3.24. The number of furan rings is 1. The molecule has 0 spiro atoms. The van der Waals surface area contributed by atoms with E-state index in [2.05, 4.69) is 5.16 Å². The molecule has 2 aromatic heterocycles. The molecule has 8 nitrogen and oxygen atoms in total. The Morgan fingerprint density at radius 2 is 1.89 bits per heavy atom. The average Bonchev–Trinajstić information content (AvgIpc) is 3.34. The third-order valence-electron chi connectivity index (χ3n) is 4.47. The molecule has 2 N–H and O–H groups in total. The van der Waals surface area contributed by atoms with E-state index in [1.165, 1.54) is 24.3 Å². The Balaban J connectivity index is 1.89. The highest BCUT2D eigenvalue weighted by Crippen LogP contribution is 2.42. The second-order valence-electron chi connectivity index (χ2n) is 6.47. The summed E-state index contributed by atoms with van der Waals surface area (Å²) in [6, 6.07) is 9.69. The van der Waals surface area contributed by atoms with E-state index in [9.17, 15) is 19.8 Å². The van der Waals surface area contributed by atoms with E-state index in [-0.39, 0.29) is 22.9 Å². The van der Waals surface area contributed by atoms with Crippen molar-refractivity contribution in [3.63, 3.8) is 0 Å². The molecule has 0 radical (unpaired) electrons. The van der Waals surface area contributed by atoms with Gasteiger partial charge in [0, 0.05) is 6.07 Å². The Morgan fingerprint density at radius 3 is 2.50 bits per heavy atom. The molecule has 0 saturated carbocycles. The van der Waals surface area contributed by atoms with Crippen LogP contribution in [0, 0.1) is 13.8 Å². The van der Waals surface area contributed by atoms with Crippen molar-refractivity contribution < 1.29 is 28.7 Å². The molecule has 142 valence electrons. The minimum absolute atomic E-state index is 0.00446. The molecular weight excluding hydrogens is 364 g/mol. The van der Waals surface area contributed by atoms with E-state index >= 15 is 0 Å². The fraction of sp³-hybridized carbons (Fsp3) is 0.150. The minimum atomic E-state index is -1.01. The normalized spacial score (nSPS) is 16.9. The van der Waals surface area contributed by atoms with Crippen molar-refractivity contribution >= 4 is 17.5 Å². The van der Waals surface area contributed by atoms with E-state index in [0.29, 0.717) is 17.1 Å². The number of Topliss-reactive ketones (excluding diaryl/α,β-unsaturated/α-hetero) is 1. The maximum atomic E-state index is 13.1. The van der Waals surface area contributed by atoms with Crippen molar-refractivity contribution in [1.29, 1.82) is 0 Å². The van der Waals surface area contributed by atoms with Gasteiger partial charge in [-0.2, -0.15) is 0 Å². The van der Waals surface area contributed by atoms with E-state index in [1.807, 2.05) is 0 Å². The summed E-state index contributed by atoms with van der Waals surface area (Å²) >= 11 is 0. The lowest BCUT2D eigenvalue weighted by Crippen LogP contribution is -2.31. The molecule has 0 bridgehead atoms. The van der Waals surface area contributed by atoms with E-state index < -0.39 is 23.5 Å². The number of benzene rings is 1. The molecule has 0 fully saturated rings. The number of hydrogen-bond donors (Lipinski definition) is 2. The van der Waals surface area contributed by atoms with Crippen LogP contribution >= 0.6 is 0 Å². The number of hydrogen-bond acceptors (Lipinski definition) is 7. The van der Waals surface area contributed by atoms with Crippen LogP contribution in [0.1, 0.15) is 33.7 Å². The first-order valence-corrected chi connectivity index (χ1v) is 8.47. The zero-order valence-corrected chi connectivity index (χ0v) is 15.0. The monoisotopic (exact) mass is 380 g/mol. The molecule has 1 amide bonds. The van der Waals surface area contributed by atoms with Crippen LogP contribution in [0.4, 0.5) is 5.82 Å². The van der Waals surface area contributed by atoms with Crippen LogP contribution in [0.5, 0.6) is 5.75 Å². The number of amides is 1. The number of carbonyl (C=O) groups excluding carboxylic acids is 2. The number of anilines is 1. The van der Waals surface area contributed by atoms with Gasteiger partial charge in [0.1, 0.15) is 17.3 Å². The van der Waals surface area contributed by atoms with Crippen LogP contribution in [0.2, 0.25) is 0 Å². The number of carbonyl (C=O) groups is 2. The van der Waals surface area contributed by atoms with Gasteiger partial charge in [-0.05, 0) is 43.7 Å². The lowest BCUT2D eigenvalue weighted by atomic mass is 9.95. The summed E-state index contributed by atoms with van der Waals surface area (Å²) in [5.74, 6) is -1.07. The quantitative estimate of drug-likeness (QED) is 0.666. The van der Waals surface area contributed by atoms with Crippen molar-refractivity contribution in [1.82, 2.24) is 5.16 Å². The number of aliphatic hydroxyl groups is 1. The van der Waals surface area contributed by atoms with Crippen molar-refractivity contribution in [3.05, 3.63) is 76.6 Å². The second-order valence-corrected chi connectivity index (χ2v) is 6.47. The minimum Gasteiger partial charge on any atom is -0.508 e. The summed E-state index contributed by atoms with van der Waals surface area (Å²) in [5, 5.41) is 24.3. The van der Waals surface area contributed by atoms with Crippen molar-refractivity contribution in [2.75, 3.05) is 4.90 Å². The molecule has 1 aliphatic rings. The summed E-state index contributed by atoms with van der Waals surface area (Å²) in [7, 11) is 0. The maximum absolute atomic E-state index is 13.1. The van der Waals surface area contributed by atoms with Gasteiger partial charge in [-0.15, -0.1) is 0 Å². The van der Waals surface area contributed by atoms with Crippen molar-refractivity contribution in [2.45, 2.75) is 19.9 Å². The highest BCUT2D eigenvalue weighted by Gasteiger charge is 2.46. The van der Waals surface area contributed by atoms with Gasteiger partial charge in [0.2, 0.25) is 5.78 Å². The SMILES string of the molecule is Cc1cc(N2C(=O)C(O)=C(C(=O)c3ccc(C)o3)[C@H]2c2cccc(O)c2)no1. The molecule has 1 atom stereocenters. The number of aryl methyl sites for hydroxylation is 2. The number of aliphatic hydroxyl groups excluding tert-OH is 1. The highest BCUT2D eigenvalue weighted by atomic mass is 16.5. The molecule has 0 aliphatic carbocycles. The Morgan fingerprint density at radius 1 is 1.11 bits per heavy atom. The highest BCUT2D eigenvalue weighted by molar-refractivity contribution is 6.19. The van der Waals surface area contributed by atoms with Crippen molar-refractivity contribution in [3.8, 4) is 5.75 Å². The van der Waals surface area contributed by atoms with Gasteiger partial charge in [-0.25, -0.2) is 0 Å². The Kier molecular flexibility index (Phi) is 4.03. The molecule has 28 heavy (non-hydrogen) atoms. The van der Waals surface area contributed by atoms with Gasteiger partial charge < -0.3 is 19.2 Å². The maximum Gasteiger partial charge on any atom is 0.295 e. The first-order chi connectivity index (χ1) is 13.4. The van der Waals surface area contributed by atoms with Gasteiger partial charge in [0.05, 0.1) is 11.6 Å². The molecule has 8 heteroatoms. The summed E-state index contributed by atoms with van der Waals surface area (Å²) in [6.07, 6.45) is 0. The molecule has 4 rings (SSSR count). The van der Waals surface area contributed by atoms with Crippen LogP contribution < -0.4 is 4.90 Å². The first kappa shape index (κ1) is 17.6. The van der Waals surface area contributed by atoms with Gasteiger partial charge >= 0.3 is 0 Å². The third-order valence-corrected chi connectivity index (χ3v) is 4.47. The lowest BCUT2D eigenvalue weighted by molar-refractivity contribution is -0.117. The smallest absolute Gasteiger partial charge is 0.295 e. The molecule has 3 aromatic rings. The largest absolute Gasteiger partial charge is 0.508 e. The average molecular weight is 380 g/mol. The molecule has 0 saturated heterocycles. The Hall–Kier alpha value is -3.81. The second kappa shape index (κ2) is 6.41. The zero-order chi connectivity index (χ0) is 20.0. The van der Waals surface area contributed by atoms with E-state index in [1.54, 1.807) is 32.0 Å². The molecule has 0 unspecified atom stereocenters. The number of aromatic nitrogens is 1. The zero-order valence-electron chi connectivity index (χ0n) is 15.0. The summed E-state index contributed by atoms with van der Waals surface area (Å²) in [4.78, 5) is 27.1. The van der Waals surface area contributed by atoms with Gasteiger partial charge in [-0.1, -0.05) is 17.3 Å². The molecular formula is C20H16N2O6. The standard InChI is InChI=1S/C20H16N2O6/c1-10-6-7-14(27-10)18(24)16-17(12-4-3-5-13(23)9-12)22(20(26)19(16)25)15-8-11(2)28-21-15/h3-9,17,23,25H,1-2H3/t17-/m1/s1. The summed E-state index contributed by atoms with van der Waals surface area (Å²) in [6.45, 7) is 3.34. The Bertz CT molecular complexity index is 1120. The molecule has 3 heterocycles. The topological polar surface area (TPSA) is 117 Å². The van der Waals surface area contributed by atoms with Gasteiger partial charge in [0.25, 0.3) is 5.91 Å². The summed E-state index contributed by atoms with van der Waals surface area (Å²) < 4.78 is 10.4. The fourth-order valence-corrected chi connectivity index (χ4v) is 3.24. The van der Waals surface area contributed by atoms with Crippen molar-refractivity contribution in [2.24, 2.45) is 0 Å².